The summed E-state index contributed by atoms with van der Waals surface area (Å²) in [5, 5.41) is 11.7. The maximum atomic E-state index is 13.7. The quantitative estimate of drug-likeness (QED) is 0.826. The molecule has 0 aliphatic heterocycles. The maximum Gasteiger partial charge on any atom is 0.338 e. The van der Waals surface area contributed by atoms with E-state index in [2.05, 4.69) is 10.3 Å². The fraction of sp³-hybridized carbons (Fsp3) is 0.455. The zero-order chi connectivity index (χ0) is 11.5. The van der Waals surface area contributed by atoms with Gasteiger partial charge in [0.25, 0.3) is 0 Å². The first-order valence-corrected chi connectivity index (χ1v) is 5.33. The summed E-state index contributed by atoms with van der Waals surface area (Å²) in [7, 11) is 0. The first-order valence-electron chi connectivity index (χ1n) is 5.33. The van der Waals surface area contributed by atoms with Crippen LogP contribution < -0.4 is 5.32 Å². The van der Waals surface area contributed by atoms with Gasteiger partial charge in [0, 0.05) is 12.2 Å². The second kappa shape index (κ2) is 4.47. The van der Waals surface area contributed by atoms with Crippen molar-refractivity contribution in [3.8, 4) is 0 Å². The van der Waals surface area contributed by atoms with Crippen molar-refractivity contribution in [2.24, 2.45) is 0 Å². The van der Waals surface area contributed by atoms with Crippen molar-refractivity contribution in [3.63, 3.8) is 0 Å². The lowest BCUT2D eigenvalue weighted by Crippen LogP contribution is -2.17. The first-order chi connectivity index (χ1) is 7.68. The van der Waals surface area contributed by atoms with Crippen LogP contribution in [0.25, 0.3) is 0 Å². The van der Waals surface area contributed by atoms with Crippen molar-refractivity contribution in [1.82, 2.24) is 4.98 Å². The lowest BCUT2D eigenvalue weighted by Gasteiger charge is -2.13. The van der Waals surface area contributed by atoms with Gasteiger partial charge in [-0.2, -0.15) is 0 Å². The molecule has 4 nitrogen and oxygen atoms in total. The number of aromatic carboxylic acids is 1. The monoisotopic (exact) mass is 224 g/mol. The van der Waals surface area contributed by atoms with Gasteiger partial charge in [-0.15, -0.1) is 0 Å². The Morgan fingerprint density at radius 3 is 2.81 bits per heavy atom. The molecular formula is C11H13FN2O2. The van der Waals surface area contributed by atoms with Crippen LogP contribution in [0, 0.1) is 5.82 Å². The van der Waals surface area contributed by atoms with Gasteiger partial charge in [-0.05, 0) is 18.9 Å². The van der Waals surface area contributed by atoms with Crippen molar-refractivity contribution in [2.75, 3.05) is 5.32 Å². The number of carbonyl (C=O) groups is 1. The van der Waals surface area contributed by atoms with Gasteiger partial charge in [-0.1, -0.05) is 12.8 Å². The molecule has 5 heteroatoms. The van der Waals surface area contributed by atoms with Crippen LogP contribution in [0.15, 0.2) is 12.3 Å². The fourth-order valence-corrected chi connectivity index (χ4v) is 1.97. The Morgan fingerprint density at radius 1 is 1.50 bits per heavy atom. The van der Waals surface area contributed by atoms with E-state index in [1.54, 1.807) is 0 Å². The smallest absolute Gasteiger partial charge is 0.338 e. The van der Waals surface area contributed by atoms with Gasteiger partial charge in [0.2, 0.25) is 0 Å². The molecule has 1 aliphatic carbocycles. The molecule has 86 valence electrons. The average molecular weight is 224 g/mol. The van der Waals surface area contributed by atoms with E-state index in [-0.39, 0.29) is 17.4 Å². The van der Waals surface area contributed by atoms with Gasteiger partial charge in [-0.3, -0.25) is 0 Å². The number of hydrogen-bond acceptors (Lipinski definition) is 3. The fourth-order valence-electron chi connectivity index (χ4n) is 1.97. The number of anilines is 1. The highest BCUT2D eigenvalue weighted by Crippen LogP contribution is 2.23. The highest BCUT2D eigenvalue weighted by Gasteiger charge is 2.19. The second-order valence-electron chi connectivity index (χ2n) is 3.95. The SMILES string of the molecule is O=C(O)c1ccnc(NC2CCCC2)c1F. The number of aromatic nitrogens is 1. The lowest BCUT2D eigenvalue weighted by atomic mass is 10.2. The second-order valence-corrected chi connectivity index (χ2v) is 3.95. The highest BCUT2D eigenvalue weighted by molar-refractivity contribution is 5.88. The zero-order valence-electron chi connectivity index (χ0n) is 8.74. The van der Waals surface area contributed by atoms with Gasteiger partial charge in [0.1, 0.15) is 5.56 Å². The molecule has 0 spiro atoms. The minimum absolute atomic E-state index is 0.0480. The summed E-state index contributed by atoms with van der Waals surface area (Å²) in [6, 6.07) is 1.38. The summed E-state index contributed by atoms with van der Waals surface area (Å²) < 4.78 is 13.7. The van der Waals surface area contributed by atoms with Crippen molar-refractivity contribution in [1.29, 1.82) is 0 Å². The van der Waals surface area contributed by atoms with Crippen molar-refractivity contribution >= 4 is 11.8 Å². The number of halogens is 1. The third kappa shape index (κ3) is 2.13. The van der Waals surface area contributed by atoms with Crippen molar-refractivity contribution in [2.45, 2.75) is 31.7 Å². The Kier molecular flexibility index (Phi) is 3.03. The Hall–Kier alpha value is -1.65. The predicted molar refractivity (Wildman–Crippen MR) is 57.0 cm³/mol. The molecule has 16 heavy (non-hydrogen) atoms. The van der Waals surface area contributed by atoms with Crippen LogP contribution in [-0.4, -0.2) is 22.1 Å². The Bertz CT molecular complexity index is 403. The van der Waals surface area contributed by atoms with E-state index < -0.39 is 11.8 Å². The number of nitrogens with zero attached hydrogens (tertiary/aromatic N) is 1. The van der Waals surface area contributed by atoms with Crippen LogP contribution in [0.4, 0.5) is 10.2 Å². The Labute approximate surface area is 92.5 Å². The molecule has 0 saturated heterocycles. The van der Waals surface area contributed by atoms with Crippen LogP contribution >= 0.6 is 0 Å². The molecule has 1 aliphatic rings. The number of carboxylic acid groups (broad SMARTS) is 1. The summed E-state index contributed by atoms with van der Waals surface area (Å²) in [6.45, 7) is 0. The van der Waals surface area contributed by atoms with Crippen LogP contribution in [0.1, 0.15) is 36.0 Å². The van der Waals surface area contributed by atoms with Crippen LogP contribution in [-0.2, 0) is 0 Å². The van der Waals surface area contributed by atoms with Gasteiger partial charge in [-0.25, -0.2) is 14.2 Å². The molecule has 0 unspecified atom stereocenters. The Balaban J connectivity index is 2.20. The maximum absolute atomic E-state index is 13.7. The van der Waals surface area contributed by atoms with E-state index in [1.165, 1.54) is 6.20 Å². The molecule has 1 saturated carbocycles. The molecular weight excluding hydrogens is 211 g/mol. The van der Waals surface area contributed by atoms with E-state index in [1.807, 2.05) is 0 Å². The number of carboxylic acids is 1. The van der Waals surface area contributed by atoms with Gasteiger partial charge in [0.05, 0.1) is 0 Å². The van der Waals surface area contributed by atoms with E-state index in [0.29, 0.717) is 0 Å². The van der Waals surface area contributed by atoms with Gasteiger partial charge >= 0.3 is 5.97 Å². The highest BCUT2D eigenvalue weighted by atomic mass is 19.1. The van der Waals surface area contributed by atoms with E-state index >= 15 is 0 Å². The summed E-state index contributed by atoms with van der Waals surface area (Å²) in [5.41, 5.74) is -0.338. The van der Waals surface area contributed by atoms with Crippen LogP contribution in [0.3, 0.4) is 0 Å². The van der Waals surface area contributed by atoms with Crippen LogP contribution in [0.2, 0.25) is 0 Å². The minimum Gasteiger partial charge on any atom is -0.478 e. The number of nitrogens with one attached hydrogen (secondary N) is 1. The normalized spacial score (nSPS) is 16.3. The lowest BCUT2D eigenvalue weighted by molar-refractivity contribution is 0.0692. The third-order valence-electron chi connectivity index (χ3n) is 2.82. The summed E-state index contributed by atoms with van der Waals surface area (Å²) in [6.07, 6.45) is 5.52. The molecule has 1 aromatic heterocycles. The first kappa shape index (κ1) is 10.9. The van der Waals surface area contributed by atoms with Crippen molar-refractivity contribution < 1.29 is 14.3 Å². The largest absolute Gasteiger partial charge is 0.478 e. The summed E-state index contributed by atoms with van der Waals surface area (Å²) >= 11 is 0. The molecule has 1 aromatic rings. The van der Waals surface area contributed by atoms with Crippen molar-refractivity contribution in [3.05, 3.63) is 23.6 Å². The molecule has 0 aromatic carbocycles. The summed E-state index contributed by atoms with van der Waals surface area (Å²) in [4.78, 5) is 14.6. The van der Waals surface area contributed by atoms with E-state index in [4.69, 9.17) is 5.11 Å². The molecule has 2 N–H and O–H groups in total. The van der Waals surface area contributed by atoms with Gasteiger partial charge < -0.3 is 10.4 Å². The van der Waals surface area contributed by atoms with Gasteiger partial charge in [0.15, 0.2) is 11.6 Å². The summed E-state index contributed by atoms with van der Waals surface area (Å²) in [5.74, 6) is -2.00. The van der Waals surface area contributed by atoms with E-state index in [0.717, 1.165) is 31.7 Å². The predicted octanol–water partition coefficient (Wildman–Crippen LogP) is 2.27. The van der Waals surface area contributed by atoms with E-state index in [9.17, 15) is 9.18 Å². The topological polar surface area (TPSA) is 62.2 Å². The molecule has 2 rings (SSSR count). The standard InChI is InChI=1S/C11H13FN2O2/c12-9-8(11(15)16)5-6-13-10(9)14-7-3-1-2-4-7/h5-7H,1-4H2,(H,13,14)(H,15,16). The molecule has 0 radical (unpaired) electrons. The third-order valence-corrected chi connectivity index (χ3v) is 2.82. The number of hydrogen-bond donors (Lipinski definition) is 2. The molecule has 1 heterocycles. The molecule has 1 fully saturated rings. The minimum atomic E-state index is -1.27. The Morgan fingerprint density at radius 2 is 2.19 bits per heavy atom. The molecule has 0 amide bonds. The molecule has 0 bridgehead atoms. The molecule has 0 atom stereocenters. The number of rotatable bonds is 3. The van der Waals surface area contributed by atoms with Crippen LogP contribution in [0.5, 0.6) is 0 Å². The zero-order valence-corrected chi connectivity index (χ0v) is 8.74. The number of pyridine rings is 1. The average Bonchev–Trinajstić information content (AvgIpc) is 2.73.